The van der Waals surface area contributed by atoms with Gasteiger partial charge in [-0.1, -0.05) is 6.92 Å². The van der Waals surface area contributed by atoms with E-state index in [1.807, 2.05) is 13.8 Å². The number of halogens is 1. The summed E-state index contributed by atoms with van der Waals surface area (Å²) in [6.07, 6.45) is 0.747. The van der Waals surface area contributed by atoms with E-state index in [0.29, 0.717) is 5.92 Å². The molecule has 1 aliphatic rings. The molecule has 0 spiro atoms. The summed E-state index contributed by atoms with van der Waals surface area (Å²) in [4.78, 5) is 0. The number of rotatable bonds is 0. The van der Waals surface area contributed by atoms with Gasteiger partial charge in [0.25, 0.3) is 0 Å². The normalized spacial score (nSPS) is 36.0. The van der Waals surface area contributed by atoms with Gasteiger partial charge in [0.2, 0.25) is 0 Å². The maximum atomic E-state index is 9.54. The predicted molar refractivity (Wildman–Crippen MR) is 49.1 cm³/mol. The van der Waals surface area contributed by atoms with Gasteiger partial charge in [-0.2, -0.15) is 0 Å². The fourth-order valence-electron chi connectivity index (χ4n) is 1.31. The van der Waals surface area contributed by atoms with Gasteiger partial charge in [-0.3, -0.25) is 0 Å². The van der Waals surface area contributed by atoms with E-state index >= 15 is 0 Å². The number of aliphatic hydroxyl groups excluding tert-OH is 1. The maximum Gasteiger partial charge on any atom is 0.0719 e. The van der Waals surface area contributed by atoms with Crippen LogP contribution in [0.2, 0.25) is 0 Å². The minimum Gasteiger partial charge on any atom is -0.391 e. The molecule has 1 aliphatic heterocycles. The van der Waals surface area contributed by atoms with Crippen LogP contribution in [0.3, 0.4) is 0 Å². The summed E-state index contributed by atoms with van der Waals surface area (Å²) in [5.41, 5.74) is -0.0769. The van der Waals surface area contributed by atoms with Crippen molar-refractivity contribution in [1.82, 2.24) is 5.32 Å². The summed E-state index contributed by atoms with van der Waals surface area (Å²) in [6.45, 7) is 7.28. The van der Waals surface area contributed by atoms with E-state index in [-0.39, 0.29) is 24.0 Å². The van der Waals surface area contributed by atoms with Gasteiger partial charge in [0, 0.05) is 5.54 Å². The van der Waals surface area contributed by atoms with Gasteiger partial charge in [0.15, 0.2) is 0 Å². The molecule has 2 nitrogen and oxygen atoms in total. The Hall–Kier alpha value is 0.210. The minimum atomic E-state index is -0.184. The highest BCUT2D eigenvalue weighted by Gasteiger charge is 2.32. The Kier molecular flexibility index (Phi) is 3.82. The molecule has 68 valence electrons. The van der Waals surface area contributed by atoms with E-state index in [1.54, 1.807) is 0 Å². The van der Waals surface area contributed by atoms with Crippen molar-refractivity contribution < 1.29 is 5.11 Å². The summed E-state index contributed by atoms with van der Waals surface area (Å²) in [5, 5.41) is 12.9. The van der Waals surface area contributed by atoms with Gasteiger partial charge in [0.1, 0.15) is 0 Å². The molecule has 3 heteroatoms. The maximum absolute atomic E-state index is 9.54. The number of hydrogen-bond acceptors (Lipinski definition) is 2. The highest BCUT2D eigenvalue weighted by Crippen LogP contribution is 2.21. The van der Waals surface area contributed by atoms with Gasteiger partial charge >= 0.3 is 0 Å². The average Bonchev–Trinajstić information content (AvgIpc) is 1.81. The molecule has 2 atom stereocenters. The molecule has 2 unspecified atom stereocenters. The Morgan fingerprint density at radius 1 is 1.45 bits per heavy atom. The second kappa shape index (κ2) is 3.74. The monoisotopic (exact) mass is 179 g/mol. The van der Waals surface area contributed by atoms with Crippen LogP contribution in [0.1, 0.15) is 27.2 Å². The Labute approximate surface area is 74.8 Å². The van der Waals surface area contributed by atoms with Crippen molar-refractivity contribution in [3.8, 4) is 0 Å². The van der Waals surface area contributed by atoms with Gasteiger partial charge < -0.3 is 10.4 Å². The minimum absolute atomic E-state index is 0. The standard InChI is InChI=1S/C8H17NO.ClH/c1-6-4-7(10)8(2,3)9-5-6;/h6-7,9-10H,4-5H2,1-3H3;1H. The van der Waals surface area contributed by atoms with Crippen molar-refractivity contribution in [3.63, 3.8) is 0 Å². The van der Waals surface area contributed by atoms with Crippen molar-refractivity contribution in [1.29, 1.82) is 0 Å². The molecule has 0 amide bonds. The molecule has 0 bridgehead atoms. The fourth-order valence-corrected chi connectivity index (χ4v) is 1.31. The van der Waals surface area contributed by atoms with E-state index in [2.05, 4.69) is 12.2 Å². The molecule has 1 rings (SSSR count). The fraction of sp³-hybridized carbons (Fsp3) is 1.00. The number of piperidine rings is 1. The highest BCUT2D eigenvalue weighted by atomic mass is 35.5. The second-order valence-electron chi connectivity index (χ2n) is 3.96. The zero-order valence-electron chi connectivity index (χ0n) is 7.42. The molecular formula is C8H18ClNO. The summed E-state index contributed by atoms with van der Waals surface area (Å²) < 4.78 is 0. The van der Waals surface area contributed by atoms with Crippen molar-refractivity contribution >= 4 is 12.4 Å². The zero-order valence-corrected chi connectivity index (χ0v) is 8.24. The lowest BCUT2D eigenvalue weighted by Crippen LogP contribution is -2.55. The van der Waals surface area contributed by atoms with Crippen LogP contribution in [0.25, 0.3) is 0 Å². The third-order valence-electron chi connectivity index (χ3n) is 2.36. The van der Waals surface area contributed by atoms with E-state index in [4.69, 9.17) is 0 Å². The Morgan fingerprint density at radius 3 is 2.36 bits per heavy atom. The van der Waals surface area contributed by atoms with Crippen molar-refractivity contribution in [2.45, 2.75) is 38.8 Å². The Balaban J connectivity index is 0.000001000. The lowest BCUT2D eigenvalue weighted by Gasteiger charge is -2.39. The molecule has 0 aromatic rings. The molecule has 0 aromatic carbocycles. The van der Waals surface area contributed by atoms with Crippen LogP contribution in [-0.4, -0.2) is 23.3 Å². The molecular weight excluding hydrogens is 162 g/mol. The van der Waals surface area contributed by atoms with Crippen LogP contribution in [0.15, 0.2) is 0 Å². The first-order valence-electron chi connectivity index (χ1n) is 3.95. The van der Waals surface area contributed by atoms with Crippen LogP contribution in [0.4, 0.5) is 0 Å². The molecule has 0 radical (unpaired) electrons. The first kappa shape index (κ1) is 11.2. The van der Waals surface area contributed by atoms with E-state index in [0.717, 1.165) is 13.0 Å². The first-order chi connectivity index (χ1) is 4.52. The summed E-state index contributed by atoms with van der Waals surface area (Å²) in [5.74, 6) is 0.614. The second-order valence-corrected chi connectivity index (χ2v) is 3.96. The Morgan fingerprint density at radius 2 is 2.00 bits per heavy atom. The van der Waals surface area contributed by atoms with E-state index < -0.39 is 0 Å². The summed E-state index contributed by atoms with van der Waals surface area (Å²) in [6, 6.07) is 0. The van der Waals surface area contributed by atoms with Crippen molar-refractivity contribution in [2.24, 2.45) is 5.92 Å². The van der Waals surface area contributed by atoms with Crippen molar-refractivity contribution in [2.75, 3.05) is 6.54 Å². The van der Waals surface area contributed by atoms with E-state index in [1.165, 1.54) is 0 Å². The van der Waals surface area contributed by atoms with Crippen LogP contribution in [0, 0.1) is 5.92 Å². The van der Waals surface area contributed by atoms with Crippen LogP contribution >= 0.6 is 12.4 Å². The molecule has 11 heavy (non-hydrogen) atoms. The SMILES string of the molecule is CC1CNC(C)(C)C(O)C1.Cl. The number of aliphatic hydroxyl groups is 1. The lowest BCUT2D eigenvalue weighted by atomic mass is 9.85. The molecule has 1 fully saturated rings. The largest absolute Gasteiger partial charge is 0.391 e. The van der Waals surface area contributed by atoms with Crippen LogP contribution < -0.4 is 5.32 Å². The highest BCUT2D eigenvalue weighted by molar-refractivity contribution is 5.85. The molecule has 0 aliphatic carbocycles. The summed E-state index contributed by atoms with van der Waals surface area (Å²) >= 11 is 0. The molecule has 1 saturated heterocycles. The number of nitrogens with one attached hydrogen (secondary N) is 1. The van der Waals surface area contributed by atoms with Gasteiger partial charge in [-0.05, 0) is 32.7 Å². The predicted octanol–water partition coefficient (Wildman–Crippen LogP) is 1.18. The lowest BCUT2D eigenvalue weighted by molar-refractivity contribution is 0.0319. The quantitative estimate of drug-likeness (QED) is 0.586. The molecule has 0 aromatic heterocycles. The molecule has 1 heterocycles. The zero-order chi connectivity index (χ0) is 7.78. The third-order valence-corrected chi connectivity index (χ3v) is 2.36. The number of hydrogen-bond donors (Lipinski definition) is 2. The third kappa shape index (κ3) is 2.62. The van der Waals surface area contributed by atoms with E-state index in [9.17, 15) is 5.11 Å². The molecule has 0 saturated carbocycles. The van der Waals surface area contributed by atoms with Gasteiger partial charge in [-0.15, -0.1) is 12.4 Å². The van der Waals surface area contributed by atoms with Crippen LogP contribution in [-0.2, 0) is 0 Å². The Bertz CT molecular complexity index is 127. The van der Waals surface area contributed by atoms with Gasteiger partial charge in [-0.25, -0.2) is 0 Å². The van der Waals surface area contributed by atoms with Gasteiger partial charge in [0.05, 0.1) is 6.10 Å². The van der Waals surface area contributed by atoms with Crippen LogP contribution in [0.5, 0.6) is 0 Å². The average molecular weight is 180 g/mol. The molecule has 2 N–H and O–H groups in total. The van der Waals surface area contributed by atoms with Crippen molar-refractivity contribution in [3.05, 3.63) is 0 Å². The summed E-state index contributed by atoms with van der Waals surface area (Å²) in [7, 11) is 0. The topological polar surface area (TPSA) is 32.3 Å². The first-order valence-corrected chi connectivity index (χ1v) is 3.95. The smallest absolute Gasteiger partial charge is 0.0719 e.